The predicted molar refractivity (Wildman–Crippen MR) is 75.6 cm³/mol. The van der Waals surface area contributed by atoms with E-state index >= 15 is 0 Å². The lowest BCUT2D eigenvalue weighted by molar-refractivity contribution is -0.0262. The zero-order chi connectivity index (χ0) is 13.2. The maximum absolute atomic E-state index is 10.3. The molecule has 0 aromatic heterocycles. The molecule has 0 amide bonds. The first kappa shape index (κ1) is 14.0. The molecule has 100 valence electrons. The van der Waals surface area contributed by atoms with Crippen LogP contribution < -0.4 is 5.32 Å². The minimum atomic E-state index is -0.718. The monoisotopic (exact) mass is 313 g/mol. The Kier molecular flexibility index (Phi) is 4.43. The molecule has 1 heterocycles. The van der Waals surface area contributed by atoms with Crippen LogP contribution in [0.25, 0.3) is 0 Å². The molecule has 1 aromatic rings. The third-order valence-corrected chi connectivity index (χ3v) is 4.53. The Bertz CT molecular complexity index is 424. The van der Waals surface area contributed by atoms with E-state index in [2.05, 4.69) is 46.4 Å². The highest BCUT2D eigenvalue weighted by Gasteiger charge is 2.38. The van der Waals surface area contributed by atoms with Crippen molar-refractivity contribution in [1.29, 1.82) is 0 Å². The van der Waals surface area contributed by atoms with E-state index in [9.17, 15) is 5.11 Å². The molecule has 0 spiro atoms. The zero-order valence-corrected chi connectivity index (χ0v) is 12.5. The lowest BCUT2D eigenvalue weighted by atomic mass is 9.96. The Morgan fingerprint density at radius 2 is 2.33 bits per heavy atom. The first-order valence-corrected chi connectivity index (χ1v) is 7.10. The Morgan fingerprint density at radius 1 is 1.56 bits per heavy atom. The first-order chi connectivity index (χ1) is 8.51. The average Bonchev–Trinajstić information content (AvgIpc) is 2.65. The lowest BCUT2D eigenvalue weighted by Crippen LogP contribution is -2.45. The Labute approximate surface area is 117 Å². The van der Waals surface area contributed by atoms with Crippen LogP contribution in [-0.4, -0.2) is 30.0 Å². The van der Waals surface area contributed by atoms with Gasteiger partial charge in [0.15, 0.2) is 0 Å². The molecule has 2 N–H and O–H groups in total. The van der Waals surface area contributed by atoms with Crippen LogP contribution in [0.5, 0.6) is 0 Å². The molecule has 18 heavy (non-hydrogen) atoms. The standard InChI is InChI=1S/C14H20BrNO2/c1-10-7-12(3-4-13(10)15)8-16-9-14(17)5-6-18-11(14)2/h3-4,7,11,16-17H,5-6,8-9H2,1-2H3. The number of hydrogen-bond acceptors (Lipinski definition) is 3. The van der Waals surface area contributed by atoms with Crippen LogP contribution in [0.4, 0.5) is 0 Å². The highest BCUT2D eigenvalue weighted by atomic mass is 79.9. The molecule has 2 unspecified atom stereocenters. The summed E-state index contributed by atoms with van der Waals surface area (Å²) in [6, 6.07) is 6.29. The zero-order valence-electron chi connectivity index (χ0n) is 10.9. The van der Waals surface area contributed by atoms with Gasteiger partial charge in [-0.2, -0.15) is 0 Å². The van der Waals surface area contributed by atoms with E-state index in [4.69, 9.17) is 4.74 Å². The highest BCUT2D eigenvalue weighted by molar-refractivity contribution is 9.10. The van der Waals surface area contributed by atoms with Gasteiger partial charge in [0.25, 0.3) is 0 Å². The van der Waals surface area contributed by atoms with Gasteiger partial charge in [0.1, 0.15) is 5.60 Å². The molecule has 0 aliphatic carbocycles. The van der Waals surface area contributed by atoms with Gasteiger partial charge in [-0.3, -0.25) is 0 Å². The van der Waals surface area contributed by atoms with Gasteiger partial charge in [-0.1, -0.05) is 28.1 Å². The Morgan fingerprint density at radius 3 is 2.94 bits per heavy atom. The maximum Gasteiger partial charge on any atom is 0.105 e. The lowest BCUT2D eigenvalue weighted by Gasteiger charge is -2.26. The molecule has 1 fully saturated rings. The van der Waals surface area contributed by atoms with Gasteiger partial charge < -0.3 is 15.2 Å². The fourth-order valence-electron chi connectivity index (χ4n) is 2.24. The fourth-order valence-corrected chi connectivity index (χ4v) is 2.49. The molecular weight excluding hydrogens is 294 g/mol. The smallest absolute Gasteiger partial charge is 0.105 e. The van der Waals surface area contributed by atoms with Crippen LogP contribution in [0.1, 0.15) is 24.5 Å². The normalized spacial score (nSPS) is 27.7. The first-order valence-electron chi connectivity index (χ1n) is 6.31. The fraction of sp³-hybridized carbons (Fsp3) is 0.571. The van der Waals surface area contributed by atoms with Gasteiger partial charge in [-0.05, 0) is 31.0 Å². The van der Waals surface area contributed by atoms with Gasteiger partial charge in [0, 0.05) is 30.6 Å². The molecule has 0 saturated carbocycles. The van der Waals surface area contributed by atoms with E-state index in [1.807, 2.05) is 6.92 Å². The Balaban J connectivity index is 1.86. The van der Waals surface area contributed by atoms with Crippen molar-refractivity contribution in [3.8, 4) is 0 Å². The molecule has 1 aliphatic rings. The topological polar surface area (TPSA) is 41.5 Å². The van der Waals surface area contributed by atoms with Gasteiger partial charge in [0.2, 0.25) is 0 Å². The number of nitrogens with one attached hydrogen (secondary N) is 1. The SMILES string of the molecule is Cc1cc(CNCC2(O)CCOC2C)ccc1Br. The van der Waals surface area contributed by atoms with Crippen LogP contribution in [0, 0.1) is 6.92 Å². The van der Waals surface area contributed by atoms with Gasteiger partial charge in [-0.15, -0.1) is 0 Å². The summed E-state index contributed by atoms with van der Waals surface area (Å²) in [7, 11) is 0. The molecule has 2 atom stereocenters. The second-order valence-electron chi connectivity index (χ2n) is 5.05. The van der Waals surface area contributed by atoms with Crippen LogP contribution >= 0.6 is 15.9 Å². The van der Waals surface area contributed by atoms with Crippen molar-refractivity contribution >= 4 is 15.9 Å². The van der Waals surface area contributed by atoms with Crippen molar-refractivity contribution in [2.45, 2.75) is 38.5 Å². The van der Waals surface area contributed by atoms with Crippen molar-refractivity contribution in [2.75, 3.05) is 13.2 Å². The summed E-state index contributed by atoms with van der Waals surface area (Å²) in [5.74, 6) is 0. The average molecular weight is 314 g/mol. The van der Waals surface area contributed by atoms with E-state index in [1.54, 1.807) is 0 Å². The van der Waals surface area contributed by atoms with Crippen LogP contribution in [0.3, 0.4) is 0 Å². The molecule has 3 nitrogen and oxygen atoms in total. The number of benzene rings is 1. The summed E-state index contributed by atoms with van der Waals surface area (Å²) >= 11 is 3.49. The van der Waals surface area contributed by atoms with Crippen molar-refractivity contribution < 1.29 is 9.84 Å². The summed E-state index contributed by atoms with van der Waals surface area (Å²) in [5.41, 5.74) is 1.74. The van der Waals surface area contributed by atoms with E-state index in [0.717, 1.165) is 11.0 Å². The van der Waals surface area contributed by atoms with E-state index in [1.165, 1.54) is 11.1 Å². The summed E-state index contributed by atoms with van der Waals surface area (Å²) < 4.78 is 6.54. The number of rotatable bonds is 4. The molecule has 1 saturated heterocycles. The van der Waals surface area contributed by atoms with Crippen LogP contribution in [-0.2, 0) is 11.3 Å². The van der Waals surface area contributed by atoms with Crippen molar-refractivity contribution in [3.05, 3.63) is 33.8 Å². The van der Waals surface area contributed by atoms with E-state index < -0.39 is 5.60 Å². The van der Waals surface area contributed by atoms with E-state index in [-0.39, 0.29) is 6.10 Å². The minimum absolute atomic E-state index is 0.0864. The largest absolute Gasteiger partial charge is 0.386 e. The van der Waals surface area contributed by atoms with Gasteiger partial charge in [-0.25, -0.2) is 0 Å². The molecule has 1 aromatic carbocycles. The number of aryl methyl sites for hydroxylation is 1. The molecule has 1 aliphatic heterocycles. The highest BCUT2D eigenvalue weighted by Crippen LogP contribution is 2.25. The van der Waals surface area contributed by atoms with Crippen LogP contribution in [0.15, 0.2) is 22.7 Å². The quantitative estimate of drug-likeness (QED) is 0.897. The molecule has 2 rings (SSSR count). The van der Waals surface area contributed by atoms with Crippen LogP contribution in [0.2, 0.25) is 0 Å². The number of hydrogen-bond donors (Lipinski definition) is 2. The molecule has 0 bridgehead atoms. The third kappa shape index (κ3) is 3.12. The van der Waals surface area contributed by atoms with Crippen molar-refractivity contribution in [1.82, 2.24) is 5.32 Å². The second kappa shape index (κ2) is 5.70. The van der Waals surface area contributed by atoms with E-state index in [0.29, 0.717) is 19.6 Å². The Hall–Kier alpha value is -0.420. The van der Waals surface area contributed by atoms with Crippen molar-refractivity contribution in [2.24, 2.45) is 0 Å². The number of halogens is 1. The minimum Gasteiger partial charge on any atom is -0.386 e. The molecule has 4 heteroatoms. The third-order valence-electron chi connectivity index (χ3n) is 3.64. The van der Waals surface area contributed by atoms with Crippen molar-refractivity contribution in [3.63, 3.8) is 0 Å². The number of aliphatic hydroxyl groups is 1. The summed E-state index contributed by atoms with van der Waals surface area (Å²) in [5, 5.41) is 13.7. The summed E-state index contributed by atoms with van der Waals surface area (Å²) in [6.45, 7) is 6.00. The molecule has 0 radical (unpaired) electrons. The van der Waals surface area contributed by atoms with Gasteiger partial charge in [0.05, 0.1) is 6.10 Å². The summed E-state index contributed by atoms with van der Waals surface area (Å²) in [4.78, 5) is 0. The molecular formula is C14H20BrNO2. The maximum atomic E-state index is 10.3. The summed E-state index contributed by atoms with van der Waals surface area (Å²) in [6.07, 6.45) is 0.622. The second-order valence-corrected chi connectivity index (χ2v) is 5.91. The van der Waals surface area contributed by atoms with Gasteiger partial charge >= 0.3 is 0 Å². The number of ether oxygens (including phenoxy) is 1. The predicted octanol–water partition coefficient (Wildman–Crippen LogP) is 2.39.